The standard InChI is InChI=1S/C23H23N4O2.Cu/c1-17(20-13-7-9-15-22(20)29-2)25-27-23(18-10-4-3-5-11-18)26-24-16-19-12-6-8-14-21(19)28;/h3-17,25,28H,1-2H3;/q-1;+1/b26-24?,27-23-;. The predicted molar refractivity (Wildman–Crippen MR) is 114 cm³/mol. The zero-order valence-electron chi connectivity index (χ0n) is 16.7. The molecule has 3 rings (SSSR count). The van der Waals surface area contributed by atoms with Gasteiger partial charge in [-0.25, -0.2) is 5.11 Å². The fourth-order valence-corrected chi connectivity index (χ4v) is 2.73. The van der Waals surface area contributed by atoms with Gasteiger partial charge in [-0.15, -0.1) is 16.7 Å². The third kappa shape index (κ3) is 6.11. The third-order valence-electron chi connectivity index (χ3n) is 4.29. The van der Waals surface area contributed by atoms with Crippen molar-refractivity contribution in [3.63, 3.8) is 0 Å². The maximum atomic E-state index is 9.86. The first-order valence-electron chi connectivity index (χ1n) is 9.22. The van der Waals surface area contributed by atoms with E-state index in [4.69, 9.17) is 4.74 Å². The molecule has 0 radical (unpaired) electrons. The first kappa shape index (κ1) is 23.0. The van der Waals surface area contributed by atoms with Crippen LogP contribution in [0.25, 0.3) is 0 Å². The van der Waals surface area contributed by atoms with Crippen molar-refractivity contribution >= 4 is 5.84 Å². The molecule has 0 fully saturated rings. The Labute approximate surface area is 187 Å². The van der Waals surface area contributed by atoms with Gasteiger partial charge >= 0.3 is 17.1 Å². The summed E-state index contributed by atoms with van der Waals surface area (Å²) in [7, 11) is 1.65. The minimum absolute atomic E-state index is 0. The molecule has 30 heavy (non-hydrogen) atoms. The van der Waals surface area contributed by atoms with Crippen molar-refractivity contribution in [2.45, 2.75) is 13.0 Å². The third-order valence-corrected chi connectivity index (χ3v) is 4.29. The maximum Gasteiger partial charge on any atom is 1.00 e. The molecule has 0 saturated carbocycles. The molecule has 3 aromatic carbocycles. The molecule has 1 atom stereocenters. The number of rotatable bonds is 7. The Morgan fingerprint density at radius 2 is 1.63 bits per heavy atom. The molecule has 0 amide bonds. The topological polar surface area (TPSA) is 78.6 Å². The first-order valence-corrected chi connectivity index (χ1v) is 9.22. The number of methoxy groups -OCH3 is 1. The number of hydrazone groups is 1. The van der Waals surface area contributed by atoms with E-state index >= 15 is 0 Å². The summed E-state index contributed by atoms with van der Waals surface area (Å²) >= 11 is 0. The summed E-state index contributed by atoms with van der Waals surface area (Å²) in [6.07, 6.45) is 0. The number of phenols is 1. The van der Waals surface area contributed by atoms with E-state index in [1.807, 2.05) is 67.6 Å². The number of nitrogens with one attached hydrogen (secondary N) is 1. The number of aromatic hydroxyl groups is 1. The smallest absolute Gasteiger partial charge is 0.565 e. The van der Waals surface area contributed by atoms with Gasteiger partial charge in [0.15, 0.2) is 5.84 Å². The van der Waals surface area contributed by atoms with Crippen LogP contribution >= 0.6 is 0 Å². The van der Waals surface area contributed by atoms with Crippen LogP contribution in [0.2, 0.25) is 0 Å². The number of phenolic OH excluding ortho intramolecular Hbond substituents is 1. The first-order chi connectivity index (χ1) is 14.2. The fourth-order valence-electron chi connectivity index (χ4n) is 2.73. The Morgan fingerprint density at radius 1 is 0.967 bits per heavy atom. The average molecular weight is 451 g/mol. The van der Waals surface area contributed by atoms with Gasteiger partial charge in [0.1, 0.15) is 5.75 Å². The summed E-state index contributed by atoms with van der Waals surface area (Å²) in [5, 5.41) is 22.7. The van der Waals surface area contributed by atoms with Crippen LogP contribution < -0.4 is 10.2 Å². The normalized spacial score (nSPS) is 12.1. The van der Waals surface area contributed by atoms with Crippen molar-refractivity contribution in [1.82, 2.24) is 5.43 Å². The molecular formula is C23H23CuN4O2. The molecule has 6 nitrogen and oxygen atoms in total. The van der Waals surface area contributed by atoms with E-state index in [1.54, 1.807) is 25.3 Å². The molecule has 0 bridgehead atoms. The zero-order chi connectivity index (χ0) is 20.5. The summed E-state index contributed by atoms with van der Waals surface area (Å²) in [5.74, 6) is 1.37. The minimum Gasteiger partial charge on any atom is -0.565 e. The molecule has 7 heteroatoms. The molecular weight excluding hydrogens is 428 g/mol. The number of azo groups is 1. The summed E-state index contributed by atoms with van der Waals surface area (Å²) in [6, 6.07) is 24.2. The molecule has 0 aliphatic rings. The number of ether oxygens (including phenoxy) is 1. The molecule has 158 valence electrons. The fraction of sp³-hybridized carbons (Fsp3) is 0.130. The zero-order valence-corrected chi connectivity index (χ0v) is 17.6. The van der Waals surface area contributed by atoms with Crippen LogP contribution in [0.3, 0.4) is 0 Å². The summed E-state index contributed by atoms with van der Waals surface area (Å²) in [5.41, 5.74) is 5.52. The number of amidine groups is 1. The van der Waals surface area contributed by atoms with E-state index in [-0.39, 0.29) is 28.9 Å². The summed E-state index contributed by atoms with van der Waals surface area (Å²) in [6.45, 7) is 3.49. The molecule has 0 saturated heterocycles. The second-order valence-electron chi connectivity index (χ2n) is 6.30. The van der Waals surface area contributed by atoms with Gasteiger partial charge in [0.25, 0.3) is 0 Å². The average Bonchev–Trinajstić information content (AvgIpc) is 2.77. The van der Waals surface area contributed by atoms with Crippen LogP contribution in [0.1, 0.15) is 29.7 Å². The van der Waals surface area contributed by atoms with Crippen molar-refractivity contribution < 1.29 is 26.9 Å². The Hall–Kier alpha value is -3.28. The van der Waals surface area contributed by atoms with Gasteiger partial charge in [0, 0.05) is 16.9 Å². The van der Waals surface area contributed by atoms with E-state index < -0.39 is 0 Å². The Bertz CT molecular complexity index is 993. The van der Waals surface area contributed by atoms with Gasteiger partial charge in [0.2, 0.25) is 0 Å². The number of hydrogen-bond acceptors (Lipinski definition) is 5. The van der Waals surface area contributed by atoms with Crippen LogP contribution in [0.5, 0.6) is 11.5 Å². The van der Waals surface area contributed by atoms with Crippen LogP contribution in [-0.2, 0) is 17.1 Å². The largest absolute Gasteiger partial charge is 1.00 e. The molecule has 1 unspecified atom stereocenters. The second-order valence-corrected chi connectivity index (χ2v) is 6.30. The van der Waals surface area contributed by atoms with Crippen molar-refractivity contribution in [2.24, 2.45) is 15.3 Å². The number of nitrogens with zero attached hydrogens (tertiary/aromatic N) is 3. The molecule has 0 aromatic heterocycles. The summed E-state index contributed by atoms with van der Waals surface area (Å²) < 4.78 is 5.42. The maximum absolute atomic E-state index is 9.86. The van der Waals surface area contributed by atoms with Gasteiger partial charge in [-0.1, -0.05) is 60.7 Å². The van der Waals surface area contributed by atoms with E-state index in [0.29, 0.717) is 11.4 Å². The van der Waals surface area contributed by atoms with Gasteiger partial charge in [-0.2, -0.15) is 11.2 Å². The molecule has 0 spiro atoms. The Morgan fingerprint density at radius 3 is 2.37 bits per heavy atom. The predicted octanol–water partition coefficient (Wildman–Crippen LogP) is 5.07. The minimum atomic E-state index is -0.0952. The molecule has 0 aliphatic heterocycles. The van der Waals surface area contributed by atoms with Gasteiger partial charge in [0.05, 0.1) is 13.2 Å². The van der Waals surface area contributed by atoms with Crippen molar-refractivity contribution in [3.8, 4) is 11.5 Å². The van der Waals surface area contributed by atoms with Crippen molar-refractivity contribution in [3.05, 3.63) is 102 Å². The molecule has 0 heterocycles. The van der Waals surface area contributed by atoms with Crippen molar-refractivity contribution in [1.29, 1.82) is 0 Å². The van der Waals surface area contributed by atoms with E-state index in [9.17, 15) is 5.11 Å². The number of hydrogen-bond donors (Lipinski definition) is 2. The van der Waals surface area contributed by atoms with Crippen LogP contribution in [-0.4, -0.2) is 18.1 Å². The van der Waals surface area contributed by atoms with E-state index in [2.05, 4.69) is 20.8 Å². The van der Waals surface area contributed by atoms with Crippen LogP contribution in [0, 0.1) is 6.54 Å². The van der Waals surface area contributed by atoms with E-state index in [0.717, 1.165) is 16.9 Å². The Kier molecular flexibility index (Phi) is 8.94. The number of para-hydroxylation sites is 2. The van der Waals surface area contributed by atoms with Gasteiger partial charge in [-0.3, -0.25) is 0 Å². The quantitative estimate of drug-likeness (QED) is 0.132. The van der Waals surface area contributed by atoms with E-state index in [1.165, 1.54) is 6.54 Å². The van der Waals surface area contributed by atoms with Crippen LogP contribution in [0.15, 0.2) is 94.2 Å². The molecule has 0 aliphatic carbocycles. The molecule has 2 N–H and O–H groups in total. The van der Waals surface area contributed by atoms with Gasteiger partial charge < -0.3 is 15.3 Å². The SMILES string of the molecule is COc1ccccc1C(C)N/N=C(\N=N[CH-]c1ccccc1O)c1ccccc1.[Cu+]. The summed E-state index contributed by atoms with van der Waals surface area (Å²) in [4.78, 5) is 0. The van der Waals surface area contributed by atoms with Gasteiger partial charge in [-0.05, 0) is 19.5 Å². The monoisotopic (exact) mass is 450 g/mol. The van der Waals surface area contributed by atoms with Crippen molar-refractivity contribution in [2.75, 3.05) is 7.11 Å². The second kappa shape index (κ2) is 11.7. The number of benzene rings is 3. The molecule has 3 aromatic rings. The Balaban J connectivity index is 0.00000320. The van der Waals surface area contributed by atoms with Crippen LogP contribution in [0.4, 0.5) is 0 Å².